The Hall–Kier alpha value is -0.390. The van der Waals surface area contributed by atoms with Gasteiger partial charge in [-0.15, -0.1) is 0 Å². The molecule has 0 aliphatic carbocycles. The molecule has 0 aromatic carbocycles. The zero-order valence-corrected chi connectivity index (χ0v) is 11.3. The lowest BCUT2D eigenvalue weighted by Crippen LogP contribution is -2.27. The second-order valence-corrected chi connectivity index (χ2v) is 5.65. The summed E-state index contributed by atoms with van der Waals surface area (Å²) in [4.78, 5) is 4.66. The molecule has 1 unspecified atom stereocenters. The molecule has 0 amide bonds. The minimum atomic E-state index is -0.220. The van der Waals surface area contributed by atoms with Crippen molar-refractivity contribution in [3.05, 3.63) is 16.1 Å². The fourth-order valence-corrected chi connectivity index (χ4v) is 3.38. The minimum Gasteiger partial charge on any atom is -0.391 e. The molecule has 1 N–H and O–H groups in total. The van der Waals surface area contributed by atoms with Crippen LogP contribution in [0.4, 0.5) is 0 Å². The number of halogens is 1. The van der Waals surface area contributed by atoms with E-state index in [1.54, 1.807) is 0 Å². The van der Waals surface area contributed by atoms with Gasteiger partial charge in [0.05, 0.1) is 18.3 Å². The van der Waals surface area contributed by atoms with Crippen LogP contribution in [-0.4, -0.2) is 34.0 Å². The average Bonchev–Trinajstić information content (AvgIpc) is 2.67. The van der Waals surface area contributed by atoms with Crippen molar-refractivity contribution in [1.29, 1.82) is 0 Å². The number of aliphatic hydroxyl groups excluding tert-OH is 1. The third-order valence-electron chi connectivity index (χ3n) is 3.75. The van der Waals surface area contributed by atoms with Crippen LogP contribution < -0.4 is 0 Å². The highest BCUT2D eigenvalue weighted by Crippen LogP contribution is 2.32. The molecule has 0 saturated carbocycles. The maximum atomic E-state index is 9.80. The Balaban J connectivity index is 1.93. The third kappa shape index (κ3) is 2.16. The summed E-state index contributed by atoms with van der Waals surface area (Å²) >= 11 is 3.54. The number of nitrogens with zero attached hydrogens (tertiary/aromatic N) is 2. The van der Waals surface area contributed by atoms with Crippen molar-refractivity contribution in [2.24, 2.45) is 0 Å². The predicted octanol–water partition coefficient (Wildman–Crippen LogP) is 1.85. The number of fused-ring (bicyclic) bond motifs is 1. The number of aliphatic hydroxyl groups is 1. The second-order valence-electron chi connectivity index (χ2n) is 4.90. The summed E-state index contributed by atoms with van der Waals surface area (Å²) in [6, 6.07) is 0. The van der Waals surface area contributed by atoms with E-state index in [1.807, 2.05) is 0 Å². The molecule has 3 rings (SSSR count). The minimum absolute atomic E-state index is 0.220. The molecule has 2 aliphatic rings. The van der Waals surface area contributed by atoms with Crippen LogP contribution in [0.15, 0.2) is 4.60 Å². The number of hydrogen-bond donors (Lipinski definition) is 1. The van der Waals surface area contributed by atoms with Crippen LogP contribution in [0.1, 0.15) is 36.7 Å². The molecule has 0 spiro atoms. The van der Waals surface area contributed by atoms with E-state index in [0.717, 1.165) is 49.3 Å². The first-order chi connectivity index (χ1) is 8.25. The first kappa shape index (κ1) is 11.7. The van der Waals surface area contributed by atoms with Crippen molar-refractivity contribution in [3.63, 3.8) is 0 Å². The van der Waals surface area contributed by atoms with Crippen molar-refractivity contribution < 1.29 is 9.84 Å². The molecule has 3 heterocycles. The van der Waals surface area contributed by atoms with Crippen LogP contribution in [0.2, 0.25) is 0 Å². The van der Waals surface area contributed by atoms with Gasteiger partial charge < -0.3 is 14.4 Å². The number of rotatable bonds is 1. The fraction of sp³-hybridized carbons (Fsp3) is 0.750. The Bertz CT molecular complexity index is 413. The molecule has 1 saturated heterocycles. The molecule has 0 radical (unpaired) electrons. The molecular formula is C12H17BrN2O2. The van der Waals surface area contributed by atoms with Gasteiger partial charge >= 0.3 is 0 Å². The van der Waals surface area contributed by atoms with Crippen LogP contribution >= 0.6 is 15.9 Å². The van der Waals surface area contributed by atoms with E-state index in [9.17, 15) is 5.11 Å². The van der Waals surface area contributed by atoms with Gasteiger partial charge in [-0.2, -0.15) is 0 Å². The maximum absolute atomic E-state index is 9.80. The zero-order chi connectivity index (χ0) is 11.8. The van der Waals surface area contributed by atoms with E-state index in [-0.39, 0.29) is 6.10 Å². The summed E-state index contributed by atoms with van der Waals surface area (Å²) in [6.45, 7) is 2.35. The summed E-state index contributed by atoms with van der Waals surface area (Å²) in [5.74, 6) is 1.62. The Kier molecular flexibility index (Phi) is 3.23. The van der Waals surface area contributed by atoms with Crippen molar-refractivity contribution in [2.75, 3.05) is 13.2 Å². The van der Waals surface area contributed by atoms with Gasteiger partial charge in [-0.25, -0.2) is 4.98 Å². The fourth-order valence-electron chi connectivity index (χ4n) is 2.79. The lowest BCUT2D eigenvalue weighted by Gasteiger charge is -2.26. The number of hydrogen-bond acceptors (Lipinski definition) is 3. The highest BCUT2D eigenvalue weighted by atomic mass is 79.9. The van der Waals surface area contributed by atoms with Crippen LogP contribution in [-0.2, 0) is 17.7 Å². The summed E-state index contributed by atoms with van der Waals surface area (Å²) in [7, 11) is 0. The van der Waals surface area contributed by atoms with E-state index in [4.69, 9.17) is 4.74 Å². The summed E-state index contributed by atoms with van der Waals surface area (Å²) < 4.78 is 8.58. The van der Waals surface area contributed by atoms with E-state index in [2.05, 4.69) is 25.5 Å². The Morgan fingerprint density at radius 1 is 1.29 bits per heavy atom. The van der Waals surface area contributed by atoms with E-state index < -0.39 is 0 Å². The second kappa shape index (κ2) is 4.71. The smallest absolute Gasteiger partial charge is 0.127 e. The van der Waals surface area contributed by atoms with Gasteiger partial charge in [0.25, 0.3) is 0 Å². The Labute approximate surface area is 109 Å². The SMILES string of the molecule is OC1CCc2c(Br)nc(C3CCOCC3)n2C1. The average molecular weight is 301 g/mol. The lowest BCUT2D eigenvalue weighted by atomic mass is 9.98. The van der Waals surface area contributed by atoms with Crippen molar-refractivity contribution in [2.45, 2.75) is 44.2 Å². The van der Waals surface area contributed by atoms with Crippen molar-refractivity contribution in [3.8, 4) is 0 Å². The molecular weight excluding hydrogens is 284 g/mol. The highest BCUT2D eigenvalue weighted by molar-refractivity contribution is 9.10. The summed E-state index contributed by atoms with van der Waals surface area (Å²) in [5, 5.41) is 9.80. The molecule has 0 bridgehead atoms. The quantitative estimate of drug-likeness (QED) is 0.861. The van der Waals surface area contributed by atoms with Crippen molar-refractivity contribution in [1.82, 2.24) is 9.55 Å². The first-order valence-corrected chi connectivity index (χ1v) is 7.05. The maximum Gasteiger partial charge on any atom is 0.127 e. The normalized spacial score (nSPS) is 25.9. The predicted molar refractivity (Wildman–Crippen MR) is 67.0 cm³/mol. The molecule has 1 aromatic rings. The third-order valence-corrected chi connectivity index (χ3v) is 4.38. The van der Waals surface area contributed by atoms with Gasteiger partial charge in [0.2, 0.25) is 0 Å². The molecule has 1 fully saturated rings. The Morgan fingerprint density at radius 2 is 2.06 bits per heavy atom. The molecule has 94 valence electrons. The molecule has 17 heavy (non-hydrogen) atoms. The molecule has 1 aromatic heterocycles. The largest absolute Gasteiger partial charge is 0.391 e. The number of aromatic nitrogens is 2. The summed E-state index contributed by atoms with van der Waals surface area (Å²) in [6.07, 6.45) is 3.62. The standard InChI is InChI=1S/C12H17BrN2O2/c13-11-10-2-1-9(16)7-15(10)12(14-11)8-3-5-17-6-4-8/h8-9,16H,1-7H2. The van der Waals surface area contributed by atoms with E-state index in [0.29, 0.717) is 12.5 Å². The van der Waals surface area contributed by atoms with E-state index in [1.165, 1.54) is 5.69 Å². The van der Waals surface area contributed by atoms with Gasteiger partial charge in [-0.3, -0.25) is 0 Å². The van der Waals surface area contributed by atoms with Gasteiger partial charge in [-0.1, -0.05) is 0 Å². The van der Waals surface area contributed by atoms with Crippen molar-refractivity contribution >= 4 is 15.9 Å². The molecule has 2 aliphatic heterocycles. The topological polar surface area (TPSA) is 47.3 Å². The van der Waals surface area contributed by atoms with Crippen LogP contribution in [0.25, 0.3) is 0 Å². The van der Waals surface area contributed by atoms with Gasteiger partial charge in [0.15, 0.2) is 0 Å². The van der Waals surface area contributed by atoms with Gasteiger partial charge in [-0.05, 0) is 41.6 Å². The lowest BCUT2D eigenvalue weighted by molar-refractivity contribution is 0.0805. The highest BCUT2D eigenvalue weighted by Gasteiger charge is 2.28. The molecule has 5 heteroatoms. The number of imidazole rings is 1. The van der Waals surface area contributed by atoms with Gasteiger partial charge in [0, 0.05) is 19.1 Å². The van der Waals surface area contributed by atoms with E-state index >= 15 is 0 Å². The molecule has 1 atom stereocenters. The Morgan fingerprint density at radius 3 is 2.82 bits per heavy atom. The first-order valence-electron chi connectivity index (χ1n) is 6.26. The zero-order valence-electron chi connectivity index (χ0n) is 9.73. The van der Waals surface area contributed by atoms with Crippen LogP contribution in [0.5, 0.6) is 0 Å². The number of ether oxygens (including phenoxy) is 1. The van der Waals surface area contributed by atoms with Gasteiger partial charge in [0.1, 0.15) is 10.4 Å². The van der Waals surface area contributed by atoms with Crippen LogP contribution in [0, 0.1) is 0 Å². The summed E-state index contributed by atoms with van der Waals surface area (Å²) in [5.41, 5.74) is 1.25. The monoisotopic (exact) mass is 300 g/mol. The van der Waals surface area contributed by atoms with Crippen LogP contribution in [0.3, 0.4) is 0 Å². The molecule has 4 nitrogen and oxygen atoms in total.